The van der Waals surface area contributed by atoms with Crippen LogP contribution < -0.4 is 11.3 Å². The molecule has 0 heterocycles. The Labute approximate surface area is 116 Å². The van der Waals surface area contributed by atoms with Crippen molar-refractivity contribution in [3.8, 4) is 0 Å². The molecule has 7 nitrogen and oxygen atoms in total. The molecule has 3 N–H and O–H groups in total. The van der Waals surface area contributed by atoms with E-state index in [1.807, 2.05) is 6.92 Å². The lowest BCUT2D eigenvalue weighted by molar-refractivity contribution is -0.384. The zero-order valence-electron chi connectivity index (χ0n) is 11.3. The molecule has 108 valence electrons. The number of nitrogen functional groups attached to an aromatic ring is 1. The van der Waals surface area contributed by atoms with E-state index in [4.69, 9.17) is 5.84 Å². The fraction of sp³-hybridized carbons (Fsp3) is 0.462. The molecule has 20 heavy (non-hydrogen) atoms. The molecule has 1 aromatic carbocycles. The number of hydrazine groups is 1. The summed E-state index contributed by atoms with van der Waals surface area (Å²) in [6.45, 7) is 2.65. The summed E-state index contributed by atoms with van der Waals surface area (Å²) in [5.74, 6) is 5.16. The van der Waals surface area contributed by atoms with Gasteiger partial charge >= 0.3 is 0 Å². The lowest BCUT2D eigenvalue weighted by Crippen LogP contribution is -2.34. The van der Waals surface area contributed by atoms with Crippen molar-refractivity contribution in [2.75, 3.05) is 12.0 Å². The SMILES string of the molecule is CCCN(C(=O)c1cccc([N+](=O)[O-])c1NN)C1CC1. The molecule has 1 fully saturated rings. The van der Waals surface area contributed by atoms with E-state index in [1.54, 1.807) is 11.0 Å². The molecule has 0 bridgehead atoms. The Kier molecular flexibility index (Phi) is 4.19. The van der Waals surface area contributed by atoms with E-state index in [-0.39, 0.29) is 28.9 Å². The maximum atomic E-state index is 12.6. The van der Waals surface area contributed by atoms with Crippen LogP contribution in [0.3, 0.4) is 0 Å². The zero-order valence-corrected chi connectivity index (χ0v) is 11.3. The lowest BCUT2D eigenvalue weighted by atomic mass is 10.1. The van der Waals surface area contributed by atoms with Crippen LogP contribution in [-0.2, 0) is 0 Å². The third-order valence-electron chi connectivity index (χ3n) is 3.33. The number of nitro groups is 1. The number of nitro benzene ring substituents is 1. The zero-order chi connectivity index (χ0) is 14.7. The monoisotopic (exact) mass is 278 g/mol. The Morgan fingerprint density at radius 2 is 2.25 bits per heavy atom. The molecule has 2 rings (SSSR count). The summed E-state index contributed by atoms with van der Waals surface area (Å²) in [6.07, 6.45) is 2.83. The Morgan fingerprint density at radius 3 is 2.75 bits per heavy atom. The van der Waals surface area contributed by atoms with Gasteiger partial charge in [0.1, 0.15) is 5.69 Å². The van der Waals surface area contributed by atoms with Crippen LogP contribution in [0.1, 0.15) is 36.5 Å². The fourth-order valence-electron chi connectivity index (χ4n) is 2.25. The van der Waals surface area contributed by atoms with Crippen molar-refractivity contribution in [1.82, 2.24) is 4.90 Å². The minimum atomic E-state index is -0.548. The van der Waals surface area contributed by atoms with E-state index in [9.17, 15) is 14.9 Å². The van der Waals surface area contributed by atoms with Crippen molar-refractivity contribution >= 4 is 17.3 Å². The molecule has 0 atom stereocenters. The molecule has 1 aliphatic rings. The molecule has 0 aliphatic heterocycles. The molecule has 0 aromatic heterocycles. The number of rotatable bonds is 6. The number of amides is 1. The fourth-order valence-corrected chi connectivity index (χ4v) is 2.25. The first-order chi connectivity index (χ1) is 9.60. The summed E-state index contributed by atoms with van der Waals surface area (Å²) in [4.78, 5) is 24.8. The lowest BCUT2D eigenvalue weighted by Gasteiger charge is -2.22. The number of benzene rings is 1. The van der Waals surface area contributed by atoms with Crippen LogP contribution in [0.5, 0.6) is 0 Å². The molecule has 0 saturated heterocycles. The maximum Gasteiger partial charge on any atom is 0.294 e. The second kappa shape index (κ2) is 5.87. The highest BCUT2D eigenvalue weighted by molar-refractivity contribution is 6.01. The third kappa shape index (κ3) is 2.72. The van der Waals surface area contributed by atoms with Crippen LogP contribution in [0.15, 0.2) is 18.2 Å². The number of nitrogens with two attached hydrogens (primary N) is 1. The minimum absolute atomic E-state index is 0.0734. The van der Waals surface area contributed by atoms with Gasteiger partial charge in [0.15, 0.2) is 0 Å². The molecule has 0 spiro atoms. The van der Waals surface area contributed by atoms with Crippen LogP contribution in [0, 0.1) is 10.1 Å². The Balaban J connectivity index is 2.37. The van der Waals surface area contributed by atoms with E-state index in [2.05, 4.69) is 5.43 Å². The van der Waals surface area contributed by atoms with Crippen molar-refractivity contribution < 1.29 is 9.72 Å². The predicted octanol–water partition coefficient (Wildman–Crippen LogP) is 1.89. The highest BCUT2D eigenvalue weighted by atomic mass is 16.6. The van der Waals surface area contributed by atoms with Crippen molar-refractivity contribution in [2.24, 2.45) is 5.84 Å². The Bertz CT molecular complexity index is 528. The van der Waals surface area contributed by atoms with Gasteiger partial charge in [-0.25, -0.2) is 0 Å². The topological polar surface area (TPSA) is 102 Å². The highest BCUT2D eigenvalue weighted by Gasteiger charge is 2.34. The van der Waals surface area contributed by atoms with E-state index >= 15 is 0 Å². The first kappa shape index (κ1) is 14.3. The second-order valence-electron chi connectivity index (χ2n) is 4.83. The minimum Gasteiger partial charge on any atom is -0.336 e. The number of hydrogen-bond donors (Lipinski definition) is 2. The highest BCUT2D eigenvalue weighted by Crippen LogP contribution is 2.32. The predicted molar refractivity (Wildman–Crippen MR) is 75.3 cm³/mol. The van der Waals surface area contributed by atoms with Crippen molar-refractivity contribution in [2.45, 2.75) is 32.2 Å². The van der Waals surface area contributed by atoms with Gasteiger partial charge in [-0.15, -0.1) is 0 Å². The van der Waals surface area contributed by atoms with Gasteiger partial charge in [0, 0.05) is 18.7 Å². The number of nitrogens with zero attached hydrogens (tertiary/aromatic N) is 2. The average molecular weight is 278 g/mol. The van der Waals surface area contributed by atoms with Gasteiger partial charge in [-0.1, -0.05) is 13.0 Å². The Morgan fingerprint density at radius 1 is 1.55 bits per heavy atom. The van der Waals surface area contributed by atoms with Gasteiger partial charge in [0.2, 0.25) is 0 Å². The summed E-state index contributed by atoms with van der Waals surface area (Å²) < 4.78 is 0. The first-order valence-corrected chi connectivity index (χ1v) is 6.65. The van der Waals surface area contributed by atoms with Crippen molar-refractivity contribution in [3.05, 3.63) is 33.9 Å². The first-order valence-electron chi connectivity index (χ1n) is 6.65. The molecule has 0 radical (unpaired) electrons. The van der Waals surface area contributed by atoms with Crippen LogP contribution >= 0.6 is 0 Å². The number of nitrogens with one attached hydrogen (secondary N) is 1. The molecular formula is C13H18N4O3. The van der Waals surface area contributed by atoms with Crippen molar-refractivity contribution in [1.29, 1.82) is 0 Å². The van der Waals surface area contributed by atoms with Gasteiger partial charge in [-0.2, -0.15) is 0 Å². The Hall–Kier alpha value is -2.15. The summed E-state index contributed by atoms with van der Waals surface area (Å²) >= 11 is 0. The molecule has 1 aromatic rings. The molecule has 1 aliphatic carbocycles. The van der Waals surface area contributed by atoms with Gasteiger partial charge < -0.3 is 10.3 Å². The smallest absolute Gasteiger partial charge is 0.294 e. The molecule has 0 unspecified atom stereocenters. The van der Waals surface area contributed by atoms with Gasteiger partial charge in [0.05, 0.1) is 10.5 Å². The number of carbonyl (C=O) groups excluding carboxylic acids is 1. The number of para-hydroxylation sites is 1. The molecular weight excluding hydrogens is 260 g/mol. The van der Waals surface area contributed by atoms with Gasteiger partial charge in [-0.3, -0.25) is 20.8 Å². The van der Waals surface area contributed by atoms with E-state index in [1.165, 1.54) is 12.1 Å². The van der Waals surface area contributed by atoms with Crippen LogP contribution in [-0.4, -0.2) is 28.3 Å². The second-order valence-corrected chi connectivity index (χ2v) is 4.83. The van der Waals surface area contributed by atoms with Crippen molar-refractivity contribution in [3.63, 3.8) is 0 Å². The number of anilines is 1. The molecule has 1 amide bonds. The maximum absolute atomic E-state index is 12.6. The normalized spacial score (nSPS) is 13.9. The summed E-state index contributed by atoms with van der Waals surface area (Å²) in [5, 5.41) is 11.0. The van der Waals surface area contributed by atoms with Crippen LogP contribution in [0.25, 0.3) is 0 Å². The van der Waals surface area contributed by atoms with Crippen LogP contribution in [0.4, 0.5) is 11.4 Å². The van der Waals surface area contributed by atoms with E-state index < -0.39 is 4.92 Å². The molecule has 1 saturated carbocycles. The van der Waals surface area contributed by atoms with Crippen LogP contribution in [0.2, 0.25) is 0 Å². The number of carbonyl (C=O) groups is 1. The average Bonchev–Trinajstić information content (AvgIpc) is 3.27. The van der Waals surface area contributed by atoms with E-state index in [0.29, 0.717) is 6.54 Å². The standard InChI is InChI=1S/C13H18N4O3/c1-2-8-16(9-6-7-9)13(18)10-4-3-5-11(17(19)20)12(10)15-14/h3-5,9,15H,2,6-8,14H2,1H3. The van der Waals surface area contributed by atoms with Gasteiger partial charge in [-0.05, 0) is 25.3 Å². The largest absolute Gasteiger partial charge is 0.336 e. The molecule has 7 heteroatoms. The van der Waals surface area contributed by atoms with Gasteiger partial charge in [0.25, 0.3) is 11.6 Å². The third-order valence-corrected chi connectivity index (χ3v) is 3.33. The summed E-state index contributed by atoms with van der Waals surface area (Å²) in [7, 11) is 0. The number of hydrogen-bond acceptors (Lipinski definition) is 5. The quantitative estimate of drug-likeness (QED) is 0.470. The van der Waals surface area contributed by atoms with E-state index in [0.717, 1.165) is 19.3 Å². The summed E-state index contributed by atoms with van der Waals surface area (Å²) in [6, 6.07) is 4.65. The summed E-state index contributed by atoms with van der Waals surface area (Å²) in [5.41, 5.74) is 2.43.